The van der Waals surface area contributed by atoms with Gasteiger partial charge in [0.15, 0.2) is 5.17 Å². The molecule has 134 valence electrons. The first-order valence-electron chi connectivity index (χ1n) is 8.42. The summed E-state index contributed by atoms with van der Waals surface area (Å²) in [6.45, 7) is 2.74. The highest BCUT2D eigenvalue weighted by molar-refractivity contribution is 8.14. The molecule has 0 bridgehead atoms. The van der Waals surface area contributed by atoms with Gasteiger partial charge in [0.1, 0.15) is 0 Å². The zero-order chi connectivity index (χ0) is 18.2. The van der Waals surface area contributed by atoms with Crippen molar-refractivity contribution in [3.05, 3.63) is 60.2 Å². The van der Waals surface area contributed by atoms with E-state index in [-0.39, 0.29) is 6.03 Å². The first-order valence-corrected chi connectivity index (χ1v) is 9.40. The number of carbonyl (C=O) groups is 1. The van der Waals surface area contributed by atoms with E-state index in [1.807, 2.05) is 61.5 Å². The average molecular weight is 367 g/mol. The third kappa shape index (κ3) is 5.35. The molecule has 3 N–H and O–H groups in total. The van der Waals surface area contributed by atoms with Crippen LogP contribution >= 0.6 is 11.8 Å². The van der Waals surface area contributed by atoms with Gasteiger partial charge in [0.25, 0.3) is 0 Å². The number of hydrogen-bond acceptors (Lipinski definition) is 5. The predicted octanol–water partition coefficient (Wildman–Crippen LogP) is 4.14. The van der Waals surface area contributed by atoms with E-state index in [2.05, 4.69) is 26.2 Å². The molecule has 0 spiro atoms. The Labute approximate surface area is 157 Å². The maximum atomic E-state index is 11.9. The Morgan fingerprint density at radius 2 is 1.85 bits per heavy atom. The lowest BCUT2D eigenvalue weighted by molar-refractivity contribution is 0.252. The lowest BCUT2D eigenvalue weighted by atomic mass is 10.1. The molecular formula is C19H21N5OS. The standard InChI is InChI=1S/C19H21N5OS/c1-14(23-24-18(25)21-16-6-3-2-4-7-16)15-8-10-17(11-9-15)22-19-20-12-5-13-26-19/h2-4,6-11H,5,12-13H2,1H3,(H,20,22)(H2,21,24,25)/b23-14-. The molecule has 2 aromatic rings. The van der Waals surface area contributed by atoms with Gasteiger partial charge in [-0.15, -0.1) is 0 Å². The summed E-state index contributed by atoms with van der Waals surface area (Å²) in [7, 11) is 0. The van der Waals surface area contributed by atoms with Crippen LogP contribution in [0.2, 0.25) is 0 Å². The fourth-order valence-corrected chi connectivity index (χ4v) is 3.17. The summed E-state index contributed by atoms with van der Waals surface area (Å²) in [6, 6.07) is 16.8. The summed E-state index contributed by atoms with van der Waals surface area (Å²) in [5, 5.41) is 11.1. The number of amidine groups is 1. The van der Waals surface area contributed by atoms with Crippen LogP contribution in [0.1, 0.15) is 18.9 Å². The molecule has 0 aliphatic carbocycles. The summed E-state index contributed by atoms with van der Waals surface area (Å²) >= 11 is 1.74. The molecular weight excluding hydrogens is 346 g/mol. The molecule has 0 unspecified atom stereocenters. The van der Waals surface area contributed by atoms with Gasteiger partial charge in [-0.05, 0) is 43.2 Å². The number of nitrogens with one attached hydrogen (secondary N) is 3. The monoisotopic (exact) mass is 367 g/mol. The van der Waals surface area contributed by atoms with Crippen molar-refractivity contribution in [2.75, 3.05) is 22.9 Å². The predicted molar refractivity (Wildman–Crippen MR) is 110 cm³/mol. The minimum Gasteiger partial charge on any atom is -0.335 e. The van der Waals surface area contributed by atoms with Crippen LogP contribution in [0.25, 0.3) is 0 Å². The molecule has 6 nitrogen and oxygen atoms in total. The third-order valence-corrected chi connectivity index (χ3v) is 4.70. The van der Waals surface area contributed by atoms with Crippen molar-refractivity contribution in [2.45, 2.75) is 13.3 Å². The molecule has 2 amide bonds. The number of urea groups is 1. The van der Waals surface area contributed by atoms with Crippen molar-refractivity contribution >= 4 is 40.0 Å². The van der Waals surface area contributed by atoms with Crippen molar-refractivity contribution in [3.8, 4) is 0 Å². The zero-order valence-electron chi connectivity index (χ0n) is 14.5. The number of amides is 2. The molecule has 1 aliphatic heterocycles. The van der Waals surface area contributed by atoms with Gasteiger partial charge < -0.3 is 10.6 Å². The van der Waals surface area contributed by atoms with Crippen LogP contribution in [0, 0.1) is 0 Å². The fourth-order valence-electron chi connectivity index (χ4n) is 2.33. The maximum absolute atomic E-state index is 11.9. The van der Waals surface area contributed by atoms with Crippen LogP contribution < -0.4 is 16.1 Å². The molecule has 1 aliphatic rings. The van der Waals surface area contributed by atoms with E-state index in [1.165, 1.54) is 0 Å². The van der Waals surface area contributed by atoms with E-state index in [9.17, 15) is 4.79 Å². The molecule has 26 heavy (non-hydrogen) atoms. The molecule has 0 saturated carbocycles. The first kappa shape index (κ1) is 18.0. The summed E-state index contributed by atoms with van der Waals surface area (Å²) in [6.07, 6.45) is 1.13. The van der Waals surface area contributed by atoms with Gasteiger partial charge in [0.2, 0.25) is 0 Å². The highest BCUT2D eigenvalue weighted by Crippen LogP contribution is 2.17. The van der Waals surface area contributed by atoms with Gasteiger partial charge in [-0.3, -0.25) is 4.99 Å². The van der Waals surface area contributed by atoms with Crippen molar-refractivity contribution in [1.29, 1.82) is 0 Å². The van der Waals surface area contributed by atoms with Gasteiger partial charge in [-0.25, -0.2) is 10.2 Å². The Morgan fingerprint density at radius 1 is 1.08 bits per heavy atom. The van der Waals surface area contributed by atoms with E-state index in [0.717, 1.165) is 46.5 Å². The van der Waals surface area contributed by atoms with Gasteiger partial charge >= 0.3 is 6.03 Å². The maximum Gasteiger partial charge on any atom is 0.339 e. The Kier molecular flexibility index (Phi) is 6.27. The fraction of sp³-hybridized carbons (Fsp3) is 0.211. The minimum absolute atomic E-state index is 0.374. The van der Waals surface area contributed by atoms with E-state index in [1.54, 1.807) is 11.8 Å². The molecule has 2 aromatic carbocycles. The van der Waals surface area contributed by atoms with Crippen LogP contribution in [0.3, 0.4) is 0 Å². The van der Waals surface area contributed by atoms with Crippen molar-refractivity contribution in [1.82, 2.24) is 5.43 Å². The van der Waals surface area contributed by atoms with Crippen LogP contribution in [-0.4, -0.2) is 29.2 Å². The second-order valence-corrected chi connectivity index (χ2v) is 6.80. The molecule has 0 aromatic heterocycles. The number of para-hydroxylation sites is 1. The lowest BCUT2D eigenvalue weighted by Gasteiger charge is -2.13. The van der Waals surface area contributed by atoms with E-state index < -0.39 is 0 Å². The first-order chi connectivity index (χ1) is 12.7. The SMILES string of the molecule is C/C(=N/NC(=O)Nc1ccccc1)c1ccc(NC2=NCCCS2)cc1. The van der Waals surface area contributed by atoms with Crippen molar-refractivity contribution < 1.29 is 4.79 Å². The molecule has 0 fully saturated rings. The second-order valence-electron chi connectivity index (χ2n) is 5.72. The highest BCUT2D eigenvalue weighted by atomic mass is 32.2. The lowest BCUT2D eigenvalue weighted by Crippen LogP contribution is -2.25. The van der Waals surface area contributed by atoms with Crippen molar-refractivity contribution in [2.24, 2.45) is 10.1 Å². The molecule has 1 heterocycles. The van der Waals surface area contributed by atoms with Gasteiger partial charge in [0, 0.05) is 23.7 Å². The van der Waals surface area contributed by atoms with Gasteiger partial charge in [0.05, 0.1) is 5.71 Å². The zero-order valence-corrected chi connectivity index (χ0v) is 15.3. The number of nitrogens with zero attached hydrogens (tertiary/aromatic N) is 2. The number of rotatable bonds is 4. The minimum atomic E-state index is -0.374. The Bertz CT molecular complexity index is 802. The van der Waals surface area contributed by atoms with E-state index in [0.29, 0.717) is 0 Å². The molecule has 0 saturated heterocycles. The van der Waals surface area contributed by atoms with Gasteiger partial charge in [-0.1, -0.05) is 42.1 Å². The Balaban J connectivity index is 1.55. The number of hydrazone groups is 1. The summed E-state index contributed by atoms with van der Waals surface area (Å²) in [4.78, 5) is 16.3. The molecule has 3 rings (SSSR count). The highest BCUT2D eigenvalue weighted by Gasteiger charge is 2.06. The molecule has 0 radical (unpaired) electrons. The molecule has 0 atom stereocenters. The number of benzene rings is 2. The van der Waals surface area contributed by atoms with Crippen molar-refractivity contribution in [3.63, 3.8) is 0 Å². The largest absolute Gasteiger partial charge is 0.339 e. The summed E-state index contributed by atoms with van der Waals surface area (Å²) in [5.74, 6) is 1.10. The summed E-state index contributed by atoms with van der Waals surface area (Å²) < 4.78 is 0. The Morgan fingerprint density at radius 3 is 2.54 bits per heavy atom. The normalized spacial score (nSPS) is 14.3. The van der Waals surface area contributed by atoms with Crippen LogP contribution in [-0.2, 0) is 0 Å². The van der Waals surface area contributed by atoms with E-state index >= 15 is 0 Å². The number of thioether (sulfide) groups is 1. The number of aliphatic imine (C=N–C) groups is 1. The summed E-state index contributed by atoms with van der Waals surface area (Å²) in [5.41, 5.74) is 5.88. The van der Waals surface area contributed by atoms with E-state index in [4.69, 9.17) is 0 Å². The average Bonchev–Trinajstić information content (AvgIpc) is 2.68. The third-order valence-electron chi connectivity index (χ3n) is 3.71. The van der Waals surface area contributed by atoms with Crippen LogP contribution in [0.5, 0.6) is 0 Å². The number of carbonyl (C=O) groups excluding carboxylic acids is 1. The quantitative estimate of drug-likeness (QED) is 0.561. The second kappa shape index (κ2) is 9.05. The smallest absolute Gasteiger partial charge is 0.335 e. The Hall–Kier alpha value is -2.80. The topological polar surface area (TPSA) is 77.9 Å². The van der Waals surface area contributed by atoms with Crippen LogP contribution in [0.4, 0.5) is 16.2 Å². The van der Waals surface area contributed by atoms with Crippen LogP contribution in [0.15, 0.2) is 64.7 Å². The molecule has 7 heteroatoms. The van der Waals surface area contributed by atoms with Gasteiger partial charge in [-0.2, -0.15) is 5.10 Å². The number of hydrogen-bond donors (Lipinski definition) is 3. The number of anilines is 2.